The molecule has 0 saturated heterocycles. The van der Waals surface area contributed by atoms with Gasteiger partial charge in [0.15, 0.2) is 5.78 Å². The number of ether oxygens (including phenoxy) is 2. The topological polar surface area (TPSA) is 64.6 Å². The number of Topliss-reactive ketones (excluding diaryl/α,β-unsaturated/α-hetero) is 1. The molecule has 1 aliphatic heterocycles. The quantitative estimate of drug-likeness (QED) is 0.755. The maximum Gasteiger partial charge on any atom is 0.336 e. The average Bonchev–Trinajstić information content (AvgIpc) is 2.70. The number of hydrogen-bond donors (Lipinski definition) is 1. The summed E-state index contributed by atoms with van der Waals surface area (Å²) in [7, 11) is 2.99. The van der Waals surface area contributed by atoms with Gasteiger partial charge < -0.3 is 14.8 Å². The predicted molar refractivity (Wildman–Crippen MR) is 116 cm³/mol. The molecule has 0 spiro atoms. The lowest BCUT2D eigenvalue weighted by atomic mass is 9.68. The van der Waals surface area contributed by atoms with Crippen LogP contribution in [0.25, 0.3) is 10.8 Å². The van der Waals surface area contributed by atoms with E-state index in [0.717, 1.165) is 28.5 Å². The van der Waals surface area contributed by atoms with Gasteiger partial charge in [-0.05, 0) is 35.6 Å². The van der Waals surface area contributed by atoms with Crippen molar-refractivity contribution < 1.29 is 19.1 Å². The number of methoxy groups -OCH3 is 2. The van der Waals surface area contributed by atoms with Gasteiger partial charge in [0.2, 0.25) is 0 Å². The first-order valence-corrected chi connectivity index (χ1v) is 10.2. The first-order valence-electron chi connectivity index (χ1n) is 10.2. The van der Waals surface area contributed by atoms with E-state index < -0.39 is 11.9 Å². The van der Waals surface area contributed by atoms with Crippen molar-refractivity contribution in [2.45, 2.75) is 39.5 Å². The van der Waals surface area contributed by atoms with Gasteiger partial charge in [0.05, 0.1) is 25.7 Å². The van der Waals surface area contributed by atoms with E-state index in [1.165, 1.54) is 7.11 Å². The monoisotopic (exact) mass is 405 g/mol. The van der Waals surface area contributed by atoms with Crippen molar-refractivity contribution in [1.29, 1.82) is 0 Å². The summed E-state index contributed by atoms with van der Waals surface area (Å²) < 4.78 is 10.9. The van der Waals surface area contributed by atoms with E-state index in [1.807, 2.05) is 43.3 Å². The lowest BCUT2D eigenvalue weighted by molar-refractivity contribution is -0.136. The molecule has 30 heavy (non-hydrogen) atoms. The number of allylic oxidation sites excluding steroid dienone is 3. The molecular formula is C25H27NO4. The maximum atomic E-state index is 13.4. The summed E-state index contributed by atoms with van der Waals surface area (Å²) in [6, 6.07) is 11.9. The highest BCUT2D eigenvalue weighted by atomic mass is 16.5. The van der Waals surface area contributed by atoms with Crippen LogP contribution in [0.15, 0.2) is 58.9 Å². The Labute approximate surface area is 176 Å². The number of dihydropyridines is 1. The fourth-order valence-corrected chi connectivity index (χ4v) is 4.86. The zero-order valence-corrected chi connectivity index (χ0v) is 18.1. The van der Waals surface area contributed by atoms with Crippen LogP contribution in [0.4, 0.5) is 0 Å². The first-order chi connectivity index (χ1) is 14.3. The van der Waals surface area contributed by atoms with Gasteiger partial charge in [-0.1, -0.05) is 44.2 Å². The molecule has 0 aromatic heterocycles. The molecule has 5 nitrogen and oxygen atoms in total. The Morgan fingerprint density at radius 1 is 1.10 bits per heavy atom. The number of hydrogen-bond acceptors (Lipinski definition) is 5. The molecule has 0 bridgehead atoms. The number of benzene rings is 2. The molecule has 0 radical (unpaired) electrons. The minimum absolute atomic E-state index is 0.0580. The van der Waals surface area contributed by atoms with Crippen LogP contribution < -0.4 is 10.1 Å². The van der Waals surface area contributed by atoms with Crippen LogP contribution in [0.2, 0.25) is 0 Å². The fourth-order valence-electron chi connectivity index (χ4n) is 4.86. The molecule has 156 valence electrons. The Kier molecular flexibility index (Phi) is 4.92. The summed E-state index contributed by atoms with van der Waals surface area (Å²) in [6.45, 7) is 6.06. The van der Waals surface area contributed by atoms with Crippen molar-refractivity contribution in [1.82, 2.24) is 5.32 Å². The summed E-state index contributed by atoms with van der Waals surface area (Å²) in [4.78, 5) is 26.3. The lowest BCUT2D eigenvalue weighted by Gasteiger charge is -2.39. The average molecular weight is 405 g/mol. The summed E-state index contributed by atoms with van der Waals surface area (Å²) in [5.74, 6) is -0.274. The Morgan fingerprint density at radius 2 is 1.83 bits per heavy atom. The van der Waals surface area contributed by atoms with Gasteiger partial charge in [0, 0.05) is 29.0 Å². The molecule has 2 aliphatic rings. The Bertz CT molecular complexity index is 1120. The van der Waals surface area contributed by atoms with Crippen LogP contribution in [-0.2, 0) is 14.3 Å². The number of fused-ring (bicyclic) bond motifs is 1. The van der Waals surface area contributed by atoms with E-state index in [9.17, 15) is 9.59 Å². The molecule has 2 aromatic carbocycles. The molecule has 2 aromatic rings. The third-order valence-corrected chi connectivity index (χ3v) is 6.08. The Morgan fingerprint density at radius 3 is 2.53 bits per heavy atom. The Hall–Kier alpha value is -3.08. The molecule has 1 N–H and O–H groups in total. The van der Waals surface area contributed by atoms with Crippen LogP contribution >= 0.6 is 0 Å². The molecule has 0 saturated carbocycles. The number of carbonyl (C=O) groups is 2. The highest BCUT2D eigenvalue weighted by Crippen LogP contribution is 2.50. The van der Waals surface area contributed by atoms with Crippen LogP contribution in [-0.4, -0.2) is 26.0 Å². The van der Waals surface area contributed by atoms with E-state index in [-0.39, 0.29) is 11.2 Å². The van der Waals surface area contributed by atoms with E-state index in [2.05, 4.69) is 19.2 Å². The summed E-state index contributed by atoms with van der Waals surface area (Å²) in [5.41, 5.74) is 3.40. The molecule has 1 aliphatic carbocycles. The first kappa shape index (κ1) is 20.2. The van der Waals surface area contributed by atoms with Crippen molar-refractivity contribution in [3.05, 3.63) is 64.5 Å². The molecule has 0 amide bonds. The van der Waals surface area contributed by atoms with Gasteiger partial charge in [0.25, 0.3) is 0 Å². The van der Waals surface area contributed by atoms with Gasteiger partial charge in [-0.15, -0.1) is 0 Å². The van der Waals surface area contributed by atoms with E-state index in [0.29, 0.717) is 29.0 Å². The van der Waals surface area contributed by atoms with Crippen molar-refractivity contribution in [2.24, 2.45) is 5.41 Å². The number of esters is 1. The third kappa shape index (κ3) is 3.18. The van der Waals surface area contributed by atoms with Gasteiger partial charge in [-0.25, -0.2) is 4.79 Å². The minimum Gasteiger partial charge on any atom is -0.496 e. The number of carbonyl (C=O) groups excluding carboxylic acids is 2. The molecule has 1 unspecified atom stereocenters. The van der Waals surface area contributed by atoms with Crippen LogP contribution in [0.5, 0.6) is 5.75 Å². The smallest absolute Gasteiger partial charge is 0.336 e. The largest absolute Gasteiger partial charge is 0.496 e. The summed E-state index contributed by atoms with van der Waals surface area (Å²) in [5, 5.41) is 5.34. The number of rotatable bonds is 3. The highest BCUT2D eigenvalue weighted by Gasteiger charge is 2.44. The van der Waals surface area contributed by atoms with E-state index in [4.69, 9.17) is 9.47 Å². The molecule has 4 rings (SSSR count). The van der Waals surface area contributed by atoms with Crippen LogP contribution in [0.3, 0.4) is 0 Å². The lowest BCUT2D eigenvalue weighted by Crippen LogP contribution is -2.38. The van der Waals surface area contributed by atoms with Crippen LogP contribution in [0.1, 0.15) is 45.1 Å². The minimum atomic E-state index is -0.543. The maximum absolute atomic E-state index is 13.4. The van der Waals surface area contributed by atoms with E-state index in [1.54, 1.807) is 7.11 Å². The summed E-state index contributed by atoms with van der Waals surface area (Å²) in [6.07, 6.45) is 1.17. The van der Waals surface area contributed by atoms with Crippen LogP contribution in [0, 0.1) is 5.41 Å². The van der Waals surface area contributed by atoms with Gasteiger partial charge in [-0.2, -0.15) is 0 Å². The SMILES string of the molecule is COC(=O)C1=C(C)NC2=C(C(=O)CC(C)(C)C2)C1c1c(OC)ccc2ccccc12. The van der Waals surface area contributed by atoms with Crippen molar-refractivity contribution in [2.75, 3.05) is 14.2 Å². The summed E-state index contributed by atoms with van der Waals surface area (Å²) >= 11 is 0. The Balaban J connectivity index is 2.07. The van der Waals surface area contributed by atoms with Crippen molar-refractivity contribution >= 4 is 22.5 Å². The predicted octanol–water partition coefficient (Wildman–Crippen LogP) is 4.63. The molecule has 1 atom stereocenters. The van der Waals surface area contributed by atoms with Crippen molar-refractivity contribution in [3.8, 4) is 5.75 Å². The fraction of sp³-hybridized carbons (Fsp3) is 0.360. The molecule has 5 heteroatoms. The van der Waals surface area contributed by atoms with E-state index >= 15 is 0 Å². The second-order valence-corrected chi connectivity index (χ2v) is 8.82. The van der Waals surface area contributed by atoms with Crippen molar-refractivity contribution in [3.63, 3.8) is 0 Å². The third-order valence-electron chi connectivity index (χ3n) is 6.08. The highest BCUT2D eigenvalue weighted by molar-refractivity contribution is 6.06. The second-order valence-electron chi connectivity index (χ2n) is 8.82. The molecule has 1 heterocycles. The standard InChI is InChI=1S/C25H27NO4/c1-14-20(24(28)30-5)23(22-17(26-14)12-25(2,3)13-18(22)27)21-16-9-7-6-8-15(16)10-11-19(21)29-4/h6-11,23,26H,12-13H2,1-5H3. The van der Waals surface area contributed by atoms with Gasteiger partial charge in [0.1, 0.15) is 5.75 Å². The zero-order chi connectivity index (χ0) is 21.6. The molecular weight excluding hydrogens is 378 g/mol. The molecule has 0 fully saturated rings. The van der Waals surface area contributed by atoms with Gasteiger partial charge in [-0.3, -0.25) is 4.79 Å². The number of nitrogens with one attached hydrogen (secondary N) is 1. The normalized spacial score (nSPS) is 20.7. The van der Waals surface area contributed by atoms with Gasteiger partial charge >= 0.3 is 5.97 Å². The second kappa shape index (κ2) is 7.31. The zero-order valence-electron chi connectivity index (χ0n) is 18.1. The number of ketones is 1.